The highest BCUT2D eigenvalue weighted by Crippen LogP contribution is 2.13. The van der Waals surface area contributed by atoms with E-state index in [4.69, 9.17) is 0 Å². The highest BCUT2D eigenvalue weighted by molar-refractivity contribution is 5.97. The van der Waals surface area contributed by atoms with Crippen molar-refractivity contribution in [3.63, 3.8) is 0 Å². The fourth-order valence-corrected chi connectivity index (χ4v) is 2.43. The molecule has 1 atom stereocenters. The van der Waals surface area contributed by atoms with Gasteiger partial charge in [0.1, 0.15) is 5.52 Å². The predicted octanol–water partition coefficient (Wildman–Crippen LogP) is 1.36. The number of aryl methyl sites for hydroxylation is 2. The third-order valence-electron chi connectivity index (χ3n) is 3.52. The van der Waals surface area contributed by atoms with E-state index in [9.17, 15) is 4.79 Å². The van der Waals surface area contributed by atoms with Crippen LogP contribution in [0, 0.1) is 6.92 Å². The van der Waals surface area contributed by atoms with Gasteiger partial charge in [0.25, 0.3) is 5.91 Å². The summed E-state index contributed by atoms with van der Waals surface area (Å²) in [6, 6.07) is 7.36. The zero-order valence-electron chi connectivity index (χ0n) is 12.8. The zero-order chi connectivity index (χ0) is 15.7. The Hall–Kier alpha value is -2.70. The number of aromatic nitrogens is 5. The van der Waals surface area contributed by atoms with Crippen LogP contribution in [0.15, 0.2) is 24.3 Å². The lowest BCUT2D eigenvalue weighted by atomic mass is 10.1. The Kier molecular flexibility index (Phi) is 3.62. The molecule has 1 aromatic carbocycles. The Labute approximate surface area is 127 Å². The number of H-pyrrole nitrogens is 1. The van der Waals surface area contributed by atoms with Gasteiger partial charge in [-0.2, -0.15) is 5.10 Å². The minimum absolute atomic E-state index is 0.00671. The minimum atomic E-state index is -0.118. The average Bonchev–Trinajstić information content (AvgIpc) is 3.05. The van der Waals surface area contributed by atoms with Crippen LogP contribution >= 0.6 is 0 Å². The van der Waals surface area contributed by atoms with Gasteiger partial charge in [-0.1, -0.05) is 5.21 Å². The molecular weight excluding hydrogens is 280 g/mol. The van der Waals surface area contributed by atoms with E-state index in [-0.39, 0.29) is 11.9 Å². The number of carbonyl (C=O) groups is 1. The maximum Gasteiger partial charge on any atom is 0.251 e. The molecule has 0 bridgehead atoms. The Morgan fingerprint density at radius 1 is 1.41 bits per heavy atom. The standard InChI is InChI=1S/C15H18N6O/c1-9(6-12-7-10(2)17-18-12)16-15(22)11-4-5-14-13(8-11)19-20-21(14)3/h4-5,7-9H,6H2,1-3H3,(H,16,22)(H,17,18). The Morgan fingerprint density at radius 3 is 2.95 bits per heavy atom. The lowest BCUT2D eigenvalue weighted by molar-refractivity contribution is 0.0940. The smallest absolute Gasteiger partial charge is 0.251 e. The maximum atomic E-state index is 12.3. The van der Waals surface area contributed by atoms with E-state index >= 15 is 0 Å². The molecule has 3 rings (SSSR count). The molecular formula is C15H18N6O. The summed E-state index contributed by atoms with van der Waals surface area (Å²) in [4.78, 5) is 12.3. The first-order valence-corrected chi connectivity index (χ1v) is 7.14. The van der Waals surface area contributed by atoms with Crippen LogP contribution < -0.4 is 5.32 Å². The van der Waals surface area contributed by atoms with E-state index in [1.165, 1.54) is 0 Å². The minimum Gasteiger partial charge on any atom is -0.349 e. The van der Waals surface area contributed by atoms with Gasteiger partial charge < -0.3 is 5.32 Å². The zero-order valence-corrected chi connectivity index (χ0v) is 12.8. The number of rotatable bonds is 4. The van der Waals surface area contributed by atoms with Gasteiger partial charge in [0.2, 0.25) is 0 Å². The quantitative estimate of drug-likeness (QED) is 0.761. The van der Waals surface area contributed by atoms with Gasteiger partial charge in [-0.25, -0.2) is 4.68 Å². The highest BCUT2D eigenvalue weighted by Gasteiger charge is 2.13. The first kappa shape index (κ1) is 14.2. The molecule has 0 fully saturated rings. The lowest BCUT2D eigenvalue weighted by Gasteiger charge is -2.12. The largest absolute Gasteiger partial charge is 0.349 e. The predicted molar refractivity (Wildman–Crippen MR) is 82.5 cm³/mol. The summed E-state index contributed by atoms with van der Waals surface area (Å²) in [5, 5.41) is 18.0. The van der Waals surface area contributed by atoms with Crippen molar-refractivity contribution < 1.29 is 4.79 Å². The molecule has 114 valence electrons. The van der Waals surface area contributed by atoms with Crippen LogP contribution in [0.1, 0.15) is 28.7 Å². The van der Waals surface area contributed by atoms with Crippen LogP contribution in [0.3, 0.4) is 0 Å². The number of aromatic amines is 1. The van der Waals surface area contributed by atoms with Gasteiger partial charge in [0.15, 0.2) is 0 Å². The number of hydrogen-bond acceptors (Lipinski definition) is 4. The second kappa shape index (κ2) is 5.59. The molecule has 7 nitrogen and oxygen atoms in total. The molecule has 1 amide bonds. The SMILES string of the molecule is Cc1cc(CC(C)NC(=O)c2ccc3c(c2)nnn3C)n[nH]1. The van der Waals surface area contributed by atoms with Crippen molar-refractivity contribution in [1.29, 1.82) is 0 Å². The lowest BCUT2D eigenvalue weighted by Crippen LogP contribution is -2.34. The van der Waals surface area contributed by atoms with Crippen LogP contribution in [0.5, 0.6) is 0 Å². The molecule has 2 heterocycles. The van der Waals surface area contributed by atoms with E-state index in [0.29, 0.717) is 17.5 Å². The molecule has 2 aromatic heterocycles. The van der Waals surface area contributed by atoms with Gasteiger partial charge in [-0.3, -0.25) is 9.89 Å². The number of benzene rings is 1. The van der Waals surface area contributed by atoms with Crippen LogP contribution in [-0.4, -0.2) is 37.1 Å². The third-order valence-corrected chi connectivity index (χ3v) is 3.52. The summed E-state index contributed by atoms with van der Waals surface area (Å²) in [7, 11) is 1.82. The topological polar surface area (TPSA) is 88.5 Å². The average molecular weight is 298 g/mol. The molecule has 0 aliphatic heterocycles. The first-order chi connectivity index (χ1) is 10.5. The third kappa shape index (κ3) is 2.83. The summed E-state index contributed by atoms with van der Waals surface area (Å²) >= 11 is 0. The fraction of sp³-hybridized carbons (Fsp3) is 0.333. The molecule has 3 aromatic rings. The molecule has 0 saturated heterocycles. The number of nitrogens with one attached hydrogen (secondary N) is 2. The van der Waals surface area contributed by atoms with E-state index < -0.39 is 0 Å². The van der Waals surface area contributed by atoms with Gasteiger partial charge >= 0.3 is 0 Å². The van der Waals surface area contributed by atoms with Crippen LogP contribution in [0.2, 0.25) is 0 Å². The second-order valence-electron chi connectivity index (χ2n) is 5.54. The van der Waals surface area contributed by atoms with E-state index in [2.05, 4.69) is 25.8 Å². The highest BCUT2D eigenvalue weighted by atomic mass is 16.1. The Bertz CT molecular complexity index is 818. The van der Waals surface area contributed by atoms with Crippen LogP contribution in [0.25, 0.3) is 11.0 Å². The Morgan fingerprint density at radius 2 is 2.23 bits per heavy atom. The van der Waals surface area contributed by atoms with Crippen LogP contribution in [-0.2, 0) is 13.5 Å². The summed E-state index contributed by atoms with van der Waals surface area (Å²) in [5.74, 6) is -0.118. The fourth-order valence-electron chi connectivity index (χ4n) is 2.43. The van der Waals surface area contributed by atoms with Crippen molar-refractivity contribution in [1.82, 2.24) is 30.5 Å². The van der Waals surface area contributed by atoms with Gasteiger partial charge in [-0.15, -0.1) is 5.10 Å². The summed E-state index contributed by atoms with van der Waals surface area (Å²) in [6.07, 6.45) is 0.684. The van der Waals surface area contributed by atoms with E-state index in [0.717, 1.165) is 16.9 Å². The van der Waals surface area contributed by atoms with Crippen LogP contribution in [0.4, 0.5) is 0 Å². The first-order valence-electron chi connectivity index (χ1n) is 7.14. The molecule has 2 N–H and O–H groups in total. The van der Waals surface area contributed by atoms with Crippen molar-refractivity contribution in [2.45, 2.75) is 26.3 Å². The summed E-state index contributed by atoms with van der Waals surface area (Å²) in [6.45, 7) is 3.92. The van der Waals surface area contributed by atoms with E-state index in [1.807, 2.05) is 33.0 Å². The Balaban J connectivity index is 1.69. The van der Waals surface area contributed by atoms with E-state index in [1.54, 1.807) is 16.8 Å². The summed E-state index contributed by atoms with van der Waals surface area (Å²) in [5.41, 5.74) is 4.15. The number of hydrogen-bond donors (Lipinski definition) is 2. The number of amides is 1. The molecule has 0 aliphatic rings. The monoisotopic (exact) mass is 298 g/mol. The molecule has 1 unspecified atom stereocenters. The number of carbonyl (C=O) groups excluding carboxylic acids is 1. The second-order valence-corrected chi connectivity index (χ2v) is 5.54. The van der Waals surface area contributed by atoms with Gasteiger partial charge in [-0.05, 0) is 38.1 Å². The number of fused-ring (bicyclic) bond motifs is 1. The molecule has 22 heavy (non-hydrogen) atoms. The van der Waals surface area contributed by atoms with Crippen molar-refractivity contribution in [2.24, 2.45) is 7.05 Å². The summed E-state index contributed by atoms with van der Waals surface area (Å²) < 4.78 is 1.68. The normalized spacial score (nSPS) is 12.5. The maximum absolute atomic E-state index is 12.3. The molecule has 0 radical (unpaired) electrons. The molecule has 7 heteroatoms. The molecule has 0 saturated carbocycles. The molecule has 0 aliphatic carbocycles. The van der Waals surface area contributed by atoms with Crippen molar-refractivity contribution in [3.8, 4) is 0 Å². The van der Waals surface area contributed by atoms with Crippen molar-refractivity contribution >= 4 is 16.9 Å². The van der Waals surface area contributed by atoms with Gasteiger partial charge in [0.05, 0.1) is 11.2 Å². The van der Waals surface area contributed by atoms with Crippen molar-refractivity contribution in [2.75, 3.05) is 0 Å². The van der Waals surface area contributed by atoms with Crippen molar-refractivity contribution in [3.05, 3.63) is 41.2 Å². The van der Waals surface area contributed by atoms with Gasteiger partial charge in [0, 0.05) is 30.8 Å². The number of nitrogens with zero attached hydrogens (tertiary/aromatic N) is 4. The molecule has 0 spiro atoms.